The molecule has 0 saturated heterocycles. The van der Waals surface area contributed by atoms with Crippen molar-refractivity contribution >= 4 is 27.8 Å². The summed E-state index contributed by atoms with van der Waals surface area (Å²) in [6.45, 7) is 0. The lowest BCUT2D eigenvalue weighted by molar-refractivity contribution is 1.28. The summed E-state index contributed by atoms with van der Waals surface area (Å²) >= 11 is 0. The molecule has 0 aliphatic carbocycles. The molecule has 0 N–H and O–H groups in total. The van der Waals surface area contributed by atoms with E-state index in [0.29, 0.717) is 0 Å². The van der Waals surface area contributed by atoms with E-state index in [1.54, 1.807) is 0 Å². The number of anilines is 3. The summed E-state index contributed by atoms with van der Waals surface area (Å²) in [5.41, 5.74) is 10.7. The maximum atomic E-state index is 2.33. The van der Waals surface area contributed by atoms with E-state index in [0.717, 1.165) is 17.1 Å². The first-order chi connectivity index (χ1) is 20.3. The first kappa shape index (κ1) is 24.6. The zero-order valence-electron chi connectivity index (χ0n) is 22.7. The molecule has 7 rings (SSSR count). The summed E-state index contributed by atoms with van der Waals surface area (Å²) in [5.74, 6) is 0. The van der Waals surface area contributed by atoms with Crippen LogP contribution in [0.4, 0.5) is 17.1 Å². The minimum atomic E-state index is 1.12. The van der Waals surface area contributed by atoms with Crippen molar-refractivity contribution in [3.63, 3.8) is 0 Å². The molecule has 41 heavy (non-hydrogen) atoms. The van der Waals surface area contributed by atoms with Crippen LogP contribution < -0.4 is 4.90 Å². The van der Waals surface area contributed by atoms with Crippen LogP contribution in [0.3, 0.4) is 0 Å². The van der Waals surface area contributed by atoms with Crippen molar-refractivity contribution in [2.24, 2.45) is 0 Å². The van der Waals surface area contributed by atoms with Gasteiger partial charge >= 0.3 is 0 Å². The van der Waals surface area contributed by atoms with Gasteiger partial charge in [-0.15, -0.1) is 0 Å². The van der Waals surface area contributed by atoms with Gasteiger partial charge in [0.1, 0.15) is 0 Å². The fourth-order valence-corrected chi connectivity index (χ4v) is 5.71. The van der Waals surface area contributed by atoms with Gasteiger partial charge in [0.15, 0.2) is 0 Å². The predicted molar refractivity (Wildman–Crippen MR) is 175 cm³/mol. The second-order valence-electron chi connectivity index (χ2n) is 10.2. The Morgan fingerprint density at radius 2 is 0.780 bits per heavy atom. The Labute approximate surface area is 241 Å². The van der Waals surface area contributed by atoms with Gasteiger partial charge < -0.3 is 4.90 Å². The summed E-state index contributed by atoms with van der Waals surface area (Å²) in [7, 11) is 0. The van der Waals surface area contributed by atoms with Crippen LogP contribution in [0, 0.1) is 0 Å². The average molecular weight is 524 g/mol. The van der Waals surface area contributed by atoms with Crippen molar-refractivity contribution in [1.82, 2.24) is 0 Å². The van der Waals surface area contributed by atoms with Gasteiger partial charge in [0, 0.05) is 17.1 Å². The number of hydrogen-bond acceptors (Lipinski definition) is 1. The Morgan fingerprint density at radius 3 is 1.54 bits per heavy atom. The summed E-state index contributed by atoms with van der Waals surface area (Å²) in [6, 6.07) is 62.8. The van der Waals surface area contributed by atoms with Crippen molar-refractivity contribution in [2.45, 2.75) is 0 Å². The van der Waals surface area contributed by atoms with E-state index in [2.05, 4.69) is 181 Å². The van der Waals surface area contributed by atoms with E-state index in [4.69, 9.17) is 0 Å². The lowest BCUT2D eigenvalue weighted by atomic mass is 9.94. The zero-order valence-corrected chi connectivity index (χ0v) is 22.7. The van der Waals surface area contributed by atoms with Gasteiger partial charge in [-0.25, -0.2) is 0 Å². The number of benzene rings is 7. The molecule has 0 atom stereocenters. The molecule has 0 aliphatic heterocycles. The van der Waals surface area contributed by atoms with Gasteiger partial charge in [-0.2, -0.15) is 0 Å². The van der Waals surface area contributed by atoms with E-state index in [1.165, 1.54) is 44.2 Å². The number of fused-ring (bicyclic) bond motifs is 1. The van der Waals surface area contributed by atoms with Crippen LogP contribution in [0.1, 0.15) is 0 Å². The molecule has 0 bridgehead atoms. The SMILES string of the molecule is c1ccc(-c2ccccc2-c2ccc(N(c3ccccc3)c3cccc(-c4cccc5ccccc45)c3)cc2)cc1. The van der Waals surface area contributed by atoms with Crippen molar-refractivity contribution in [1.29, 1.82) is 0 Å². The third-order valence-electron chi connectivity index (χ3n) is 7.67. The highest BCUT2D eigenvalue weighted by Gasteiger charge is 2.15. The summed E-state index contributed by atoms with van der Waals surface area (Å²) in [6.07, 6.45) is 0. The third kappa shape index (κ3) is 4.90. The van der Waals surface area contributed by atoms with Crippen LogP contribution in [0.25, 0.3) is 44.2 Å². The average Bonchev–Trinajstić information content (AvgIpc) is 3.06. The van der Waals surface area contributed by atoms with Gasteiger partial charge in [-0.05, 0) is 80.6 Å². The number of hydrogen-bond donors (Lipinski definition) is 0. The van der Waals surface area contributed by atoms with Crippen LogP contribution in [0.5, 0.6) is 0 Å². The molecule has 1 nitrogen and oxygen atoms in total. The first-order valence-corrected chi connectivity index (χ1v) is 14.0. The topological polar surface area (TPSA) is 3.24 Å². The quantitative estimate of drug-likeness (QED) is 0.209. The molecule has 1 heteroatoms. The Morgan fingerprint density at radius 1 is 0.293 bits per heavy atom. The summed E-state index contributed by atoms with van der Waals surface area (Å²) in [4.78, 5) is 2.33. The van der Waals surface area contributed by atoms with Crippen molar-refractivity contribution in [3.8, 4) is 33.4 Å². The lowest BCUT2D eigenvalue weighted by Gasteiger charge is -2.26. The summed E-state index contributed by atoms with van der Waals surface area (Å²) in [5, 5.41) is 2.52. The van der Waals surface area contributed by atoms with E-state index in [9.17, 15) is 0 Å². The minimum Gasteiger partial charge on any atom is -0.310 e. The Bertz CT molecular complexity index is 1920. The van der Waals surface area contributed by atoms with Crippen molar-refractivity contribution in [2.75, 3.05) is 4.90 Å². The van der Waals surface area contributed by atoms with Crippen LogP contribution in [0.15, 0.2) is 176 Å². The Balaban J connectivity index is 1.31. The van der Waals surface area contributed by atoms with Crippen molar-refractivity contribution < 1.29 is 0 Å². The van der Waals surface area contributed by atoms with E-state index in [-0.39, 0.29) is 0 Å². The van der Waals surface area contributed by atoms with Gasteiger partial charge in [-0.3, -0.25) is 0 Å². The Hall–Kier alpha value is -5.40. The van der Waals surface area contributed by atoms with E-state index in [1.807, 2.05) is 0 Å². The number of rotatable bonds is 6. The van der Waals surface area contributed by atoms with Gasteiger partial charge in [0.25, 0.3) is 0 Å². The normalized spacial score (nSPS) is 10.9. The van der Waals surface area contributed by atoms with E-state index < -0.39 is 0 Å². The molecule has 0 aliphatic rings. The molecular weight excluding hydrogens is 494 g/mol. The molecule has 0 fully saturated rings. The highest BCUT2D eigenvalue weighted by Crippen LogP contribution is 2.39. The van der Waals surface area contributed by atoms with Gasteiger partial charge in [0.05, 0.1) is 0 Å². The standard InChI is InChI=1S/C40H29N/c1-3-13-30(14-4-1)37-22-9-10-23-39(37)32-25-27-35(28-26-32)41(34-18-5-2-6-19-34)36-20-11-17-33(29-36)40-24-12-16-31-15-7-8-21-38(31)40/h1-29H. The maximum Gasteiger partial charge on any atom is 0.0467 e. The molecule has 194 valence electrons. The second kappa shape index (κ2) is 11.0. The monoisotopic (exact) mass is 523 g/mol. The summed E-state index contributed by atoms with van der Waals surface area (Å²) < 4.78 is 0. The molecule has 7 aromatic rings. The molecular formula is C40H29N. The number of para-hydroxylation sites is 1. The van der Waals surface area contributed by atoms with Crippen LogP contribution in [-0.4, -0.2) is 0 Å². The second-order valence-corrected chi connectivity index (χ2v) is 10.2. The van der Waals surface area contributed by atoms with Gasteiger partial charge in [-0.1, -0.05) is 140 Å². The highest BCUT2D eigenvalue weighted by atomic mass is 15.1. The molecule has 0 saturated carbocycles. The zero-order chi connectivity index (χ0) is 27.4. The van der Waals surface area contributed by atoms with E-state index >= 15 is 0 Å². The first-order valence-electron chi connectivity index (χ1n) is 14.0. The van der Waals surface area contributed by atoms with Gasteiger partial charge in [0.2, 0.25) is 0 Å². The predicted octanol–water partition coefficient (Wildman–Crippen LogP) is 11.3. The molecule has 0 heterocycles. The lowest BCUT2D eigenvalue weighted by Crippen LogP contribution is -2.09. The molecule has 0 unspecified atom stereocenters. The van der Waals surface area contributed by atoms with Crippen LogP contribution in [-0.2, 0) is 0 Å². The largest absolute Gasteiger partial charge is 0.310 e. The fourth-order valence-electron chi connectivity index (χ4n) is 5.71. The highest BCUT2D eigenvalue weighted by molar-refractivity contribution is 5.97. The van der Waals surface area contributed by atoms with Crippen LogP contribution in [0.2, 0.25) is 0 Å². The fraction of sp³-hybridized carbons (Fsp3) is 0. The smallest absolute Gasteiger partial charge is 0.0467 e. The molecule has 0 aromatic heterocycles. The van der Waals surface area contributed by atoms with Crippen LogP contribution >= 0.6 is 0 Å². The molecule has 7 aromatic carbocycles. The maximum absolute atomic E-state index is 2.33. The Kier molecular flexibility index (Phi) is 6.61. The number of nitrogens with zero attached hydrogens (tertiary/aromatic N) is 1. The molecule has 0 amide bonds. The minimum absolute atomic E-state index is 1.12. The third-order valence-corrected chi connectivity index (χ3v) is 7.67. The molecule has 0 radical (unpaired) electrons. The van der Waals surface area contributed by atoms with Crippen molar-refractivity contribution in [3.05, 3.63) is 176 Å². The molecule has 0 spiro atoms.